The Morgan fingerprint density at radius 2 is 1.90 bits per heavy atom. The van der Waals surface area contributed by atoms with Gasteiger partial charge in [-0.2, -0.15) is 4.72 Å². The lowest BCUT2D eigenvalue weighted by Gasteiger charge is -2.23. The zero-order valence-corrected chi connectivity index (χ0v) is 13.0. The first-order chi connectivity index (χ1) is 9.42. The number of amides is 1. The molecule has 0 aliphatic rings. The molecule has 0 saturated heterocycles. The topological polar surface area (TPSA) is 128 Å². The maximum absolute atomic E-state index is 12.0. The molecule has 1 heterocycles. The van der Waals surface area contributed by atoms with Gasteiger partial charge in [-0.1, -0.05) is 0 Å². The van der Waals surface area contributed by atoms with E-state index in [9.17, 15) is 18.0 Å². The van der Waals surface area contributed by atoms with Gasteiger partial charge in [-0.05, 0) is 33.8 Å². The predicted molar refractivity (Wildman–Crippen MR) is 75.4 cm³/mol. The van der Waals surface area contributed by atoms with E-state index in [1.807, 2.05) is 0 Å². The summed E-state index contributed by atoms with van der Waals surface area (Å²) in [5.74, 6) is -1.74. The van der Waals surface area contributed by atoms with E-state index in [0.29, 0.717) is 0 Å². The fourth-order valence-electron chi connectivity index (χ4n) is 1.49. The number of carboxylic acids is 1. The molecule has 0 fully saturated rings. The van der Waals surface area contributed by atoms with E-state index >= 15 is 0 Å². The first-order valence-electron chi connectivity index (χ1n) is 6.18. The number of aromatic amines is 1. The molecule has 4 N–H and O–H groups in total. The van der Waals surface area contributed by atoms with Crippen LogP contribution in [0.3, 0.4) is 0 Å². The van der Waals surface area contributed by atoms with Crippen LogP contribution >= 0.6 is 0 Å². The number of aromatic carboxylic acids is 1. The average Bonchev–Trinajstić information content (AvgIpc) is 2.75. The van der Waals surface area contributed by atoms with Gasteiger partial charge in [0.25, 0.3) is 0 Å². The molecule has 1 aromatic rings. The molecule has 0 aromatic carbocycles. The lowest BCUT2D eigenvalue weighted by Crippen LogP contribution is -2.50. The third-order valence-corrected chi connectivity index (χ3v) is 3.94. The van der Waals surface area contributed by atoms with Gasteiger partial charge >= 0.3 is 5.97 Å². The molecule has 8 nitrogen and oxygen atoms in total. The third kappa shape index (κ3) is 4.87. The van der Waals surface area contributed by atoms with E-state index in [4.69, 9.17) is 5.11 Å². The molecule has 0 radical (unpaired) electrons. The minimum absolute atomic E-state index is 0.240. The van der Waals surface area contributed by atoms with Gasteiger partial charge in [0.05, 0.1) is 6.04 Å². The van der Waals surface area contributed by atoms with Crippen molar-refractivity contribution in [3.63, 3.8) is 0 Å². The van der Waals surface area contributed by atoms with Crippen molar-refractivity contribution in [2.45, 2.75) is 44.2 Å². The Morgan fingerprint density at radius 1 is 1.33 bits per heavy atom. The Morgan fingerprint density at radius 3 is 2.33 bits per heavy atom. The zero-order valence-electron chi connectivity index (χ0n) is 12.2. The first kappa shape index (κ1) is 17.2. The number of hydrogen-bond acceptors (Lipinski definition) is 4. The fraction of sp³-hybridized carbons (Fsp3) is 0.500. The third-order valence-electron chi connectivity index (χ3n) is 2.42. The summed E-state index contributed by atoms with van der Waals surface area (Å²) in [6, 6.07) is -0.00335. The van der Waals surface area contributed by atoms with E-state index in [0.717, 1.165) is 12.3 Å². The minimum Gasteiger partial charge on any atom is -0.477 e. The second-order valence-corrected chi connectivity index (χ2v) is 7.35. The van der Waals surface area contributed by atoms with E-state index in [1.54, 1.807) is 20.8 Å². The maximum atomic E-state index is 12.0. The van der Waals surface area contributed by atoms with Crippen LogP contribution in [-0.4, -0.2) is 42.0 Å². The molecule has 21 heavy (non-hydrogen) atoms. The average molecular weight is 317 g/mol. The first-order valence-corrected chi connectivity index (χ1v) is 7.67. The Hall–Kier alpha value is -1.87. The SMILES string of the molecule is CC(NS(=O)(=O)c1c[nH]c(C(=O)O)c1)C(=O)NC(C)(C)C. The number of rotatable bonds is 5. The summed E-state index contributed by atoms with van der Waals surface area (Å²) in [6.07, 6.45) is 1.06. The highest BCUT2D eigenvalue weighted by molar-refractivity contribution is 7.89. The van der Waals surface area contributed by atoms with Crippen molar-refractivity contribution in [1.82, 2.24) is 15.0 Å². The quantitative estimate of drug-likeness (QED) is 0.620. The van der Waals surface area contributed by atoms with Gasteiger partial charge in [-0.3, -0.25) is 4.79 Å². The molecule has 118 valence electrons. The van der Waals surface area contributed by atoms with Gasteiger partial charge in [0.15, 0.2) is 0 Å². The van der Waals surface area contributed by atoms with Crippen LogP contribution in [0.5, 0.6) is 0 Å². The summed E-state index contributed by atoms with van der Waals surface area (Å²) in [5, 5.41) is 11.4. The standard InChI is InChI=1S/C12H19N3O5S/c1-7(10(16)14-12(2,3)4)15-21(19,20)8-5-9(11(17)18)13-6-8/h5-7,13,15H,1-4H3,(H,14,16)(H,17,18). The van der Waals surface area contributed by atoms with Crippen LogP contribution in [0.4, 0.5) is 0 Å². The minimum atomic E-state index is -3.98. The molecule has 0 aliphatic heterocycles. The summed E-state index contributed by atoms with van der Waals surface area (Å²) in [7, 11) is -3.98. The Kier molecular flexibility index (Phi) is 4.79. The van der Waals surface area contributed by atoms with Crippen molar-refractivity contribution >= 4 is 21.9 Å². The molecule has 0 spiro atoms. The van der Waals surface area contributed by atoms with Gasteiger partial charge in [-0.25, -0.2) is 13.2 Å². The van der Waals surface area contributed by atoms with Crippen LogP contribution < -0.4 is 10.0 Å². The Labute approximate surface area is 123 Å². The van der Waals surface area contributed by atoms with Crippen molar-refractivity contribution in [2.24, 2.45) is 0 Å². The molecule has 1 aromatic heterocycles. The van der Waals surface area contributed by atoms with Crippen molar-refractivity contribution < 1.29 is 23.1 Å². The van der Waals surface area contributed by atoms with Gasteiger partial charge in [0, 0.05) is 11.7 Å². The zero-order chi connectivity index (χ0) is 16.4. The van der Waals surface area contributed by atoms with E-state index in [2.05, 4.69) is 15.0 Å². The van der Waals surface area contributed by atoms with Crippen LogP contribution in [0, 0.1) is 0 Å². The molecular weight excluding hydrogens is 298 g/mol. The molecule has 1 rings (SSSR count). The summed E-state index contributed by atoms with van der Waals surface area (Å²) < 4.78 is 26.3. The Bertz CT molecular complexity index is 642. The molecule has 9 heteroatoms. The number of carboxylic acid groups (broad SMARTS) is 1. The lowest BCUT2D eigenvalue weighted by atomic mass is 10.1. The van der Waals surface area contributed by atoms with Crippen molar-refractivity contribution in [3.05, 3.63) is 18.0 Å². The van der Waals surface area contributed by atoms with E-state index in [1.165, 1.54) is 6.92 Å². The van der Waals surface area contributed by atoms with Crippen molar-refractivity contribution in [3.8, 4) is 0 Å². The van der Waals surface area contributed by atoms with Crippen molar-refractivity contribution in [1.29, 1.82) is 0 Å². The highest BCUT2D eigenvalue weighted by atomic mass is 32.2. The summed E-state index contributed by atoms with van der Waals surface area (Å²) >= 11 is 0. The smallest absolute Gasteiger partial charge is 0.352 e. The molecular formula is C12H19N3O5S. The van der Waals surface area contributed by atoms with E-state index in [-0.39, 0.29) is 10.6 Å². The molecule has 1 amide bonds. The Balaban J connectivity index is 2.84. The summed E-state index contributed by atoms with van der Waals surface area (Å²) in [5.41, 5.74) is -0.733. The summed E-state index contributed by atoms with van der Waals surface area (Å²) in [4.78, 5) is 24.7. The number of H-pyrrole nitrogens is 1. The highest BCUT2D eigenvalue weighted by Crippen LogP contribution is 2.11. The molecule has 0 saturated carbocycles. The van der Waals surface area contributed by atoms with Crippen LogP contribution in [0.25, 0.3) is 0 Å². The number of hydrogen-bond donors (Lipinski definition) is 4. The summed E-state index contributed by atoms with van der Waals surface area (Å²) in [6.45, 7) is 6.73. The number of sulfonamides is 1. The number of aromatic nitrogens is 1. The molecule has 0 aliphatic carbocycles. The van der Waals surface area contributed by atoms with Gasteiger partial charge in [-0.15, -0.1) is 0 Å². The largest absolute Gasteiger partial charge is 0.477 e. The van der Waals surface area contributed by atoms with Crippen LogP contribution in [-0.2, 0) is 14.8 Å². The van der Waals surface area contributed by atoms with Gasteiger partial charge in [0.1, 0.15) is 10.6 Å². The van der Waals surface area contributed by atoms with Gasteiger partial charge in [0.2, 0.25) is 15.9 Å². The van der Waals surface area contributed by atoms with Crippen LogP contribution in [0.2, 0.25) is 0 Å². The number of carbonyl (C=O) groups is 2. The second kappa shape index (κ2) is 5.86. The molecule has 1 unspecified atom stereocenters. The molecule has 1 atom stereocenters. The van der Waals surface area contributed by atoms with Gasteiger partial charge < -0.3 is 15.4 Å². The lowest BCUT2D eigenvalue weighted by molar-refractivity contribution is -0.123. The fourth-order valence-corrected chi connectivity index (χ4v) is 2.68. The van der Waals surface area contributed by atoms with Crippen LogP contribution in [0.15, 0.2) is 17.2 Å². The second-order valence-electron chi connectivity index (χ2n) is 5.64. The van der Waals surface area contributed by atoms with E-state index < -0.39 is 33.5 Å². The van der Waals surface area contributed by atoms with Crippen LogP contribution in [0.1, 0.15) is 38.2 Å². The number of carbonyl (C=O) groups excluding carboxylic acids is 1. The maximum Gasteiger partial charge on any atom is 0.352 e. The predicted octanol–water partition coefficient (Wildman–Crippen LogP) is 0.294. The van der Waals surface area contributed by atoms with Crippen molar-refractivity contribution in [2.75, 3.05) is 0 Å². The highest BCUT2D eigenvalue weighted by Gasteiger charge is 2.25. The monoisotopic (exact) mass is 317 g/mol. The normalized spacial score (nSPS) is 13.7. The number of nitrogens with one attached hydrogen (secondary N) is 3. The molecule has 0 bridgehead atoms.